The number of carbonyl (C=O) groups is 1. The van der Waals surface area contributed by atoms with Crippen LogP contribution in [0, 0.1) is 0 Å². The van der Waals surface area contributed by atoms with Gasteiger partial charge in [0.15, 0.2) is 0 Å². The van der Waals surface area contributed by atoms with E-state index < -0.39 is 6.10 Å². The lowest BCUT2D eigenvalue weighted by Crippen LogP contribution is -2.39. The zero-order valence-corrected chi connectivity index (χ0v) is 16.6. The van der Waals surface area contributed by atoms with Gasteiger partial charge in [-0.15, -0.1) is 0 Å². The molecule has 0 aliphatic rings. The first kappa shape index (κ1) is 21.0. The quantitative estimate of drug-likeness (QED) is 0.610. The predicted molar refractivity (Wildman–Crippen MR) is 109 cm³/mol. The summed E-state index contributed by atoms with van der Waals surface area (Å²) in [6.07, 6.45) is 3.94. The molecule has 0 saturated carbocycles. The van der Waals surface area contributed by atoms with Crippen molar-refractivity contribution in [2.75, 3.05) is 13.7 Å². The molecule has 0 bridgehead atoms. The summed E-state index contributed by atoms with van der Waals surface area (Å²) in [5.41, 5.74) is 1.39. The number of ether oxygens (including phenoxy) is 1. The monoisotopic (exact) mass is 369 g/mol. The normalized spacial score (nSPS) is 13.0. The van der Waals surface area contributed by atoms with Crippen LogP contribution in [0.5, 0.6) is 5.75 Å². The Labute approximate surface area is 162 Å². The minimum Gasteiger partial charge on any atom is -0.494 e. The molecule has 2 rings (SSSR count). The molecule has 1 N–H and O–H groups in total. The fourth-order valence-electron chi connectivity index (χ4n) is 2.94. The number of nitrogens with zero attached hydrogens (tertiary/aromatic N) is 1. The van der Waals surface area contributed by atoms with Gasteiger partial charge < -0.3 is 14.7 Å². The van der Waals surface area contributed by atoms with Crippen LogP contribution in [0.15, 0.2) is 54.6 Å². The van der Waals surface area contributed by atoms with Gasteiger partial charge in [-0.25, -0.2) is 0 Å². The molecule has 0 aliphatic carbocycles. The van der Waals surface area contributed by atoms with Crippen LogP contribution >= 0.6 is 0 Å². The van der Waals surface area contributed by atoms with E-state index in [9.17, 15) is 9.90 Å². The maximum absolute atomic E-state index is 12.7. The second-order valence-corrected chi connectivity index (χ2v) is 6.95. The van der Waals surface area contributed by atoms with Crippen LogP contribution in [0.1, 0.15) is 61.6 Å². The largest absolute Gasteiger partial charge is 0.494 e. The van der Waals surface area contributed by atoms with E-state index in [1.807, 2.05) is 49.4 Å². The summed E-state index contributed by atoms with van der Waals surface area (Å²) in [7, 11) is 1.72. The van der Waals surface area contributed by atoms with E-state index in [1.165, 1.54) is 19.3 Å². The minimum absolute atomic E-state index is 0.119. The SMILES string of the molecule is CCCCCCOc1ccc(C(=O)N(C)C(C)C(O)c2ccccc2)cc1. The van der Waals surface area contributed by atoms with E-state index in [0.717, 1.165) is 17.7 Å². The summed E-state index contributed by atoms with van der Waals surface area (Å²) in [4.78, 5) is 14.3. The number of hydrogen-bond donors (Lipinski definition) is 1. The van der Waals surface area contributed by atoms with Crippen LogP contribution in [0.2, 0.25) is 0 Å². The van der Waals surface area contributed by atoms with E-state index in [1.54, 1.807) is 24.1 Å². The number of aliphatic hydroxyl groups is 1. The Hall–Kier alpha value is -2.33. The molecular weight excluding hydrogens is 338 g/mol. The highest BCUT2D eigenvalue weighted by atomic mass is 16.5. The number of benzene rings is 2. The van der Waals surface area contributed by atoms with Crippen molar-refractivity contribution in [2.45, 2.75) is 51.7 Å². The number of rotatable bonds is 10. The van der Waals surface area contributed by atoms with E-state index in [2.05, 4.69) is 6.92 Å². The molecule has 2 unspecified atom stereocenters. The van der Waals surface area contributed by atoms with Crippen LogP contribution in [0.4, 0.5) is 0 Å². The molecule has 0 radical (unpaired) electrons. The van der Waals surface area contributed by atoms with E-state index >= 15 is 0 Å². The highest BCUT2D eigenvalue weighted by Gasteiger charge is 2.24. The van der Waals surface area contributed by atoms with E-state index in [0.29, 0.717) is 12.2 Å². The topological polar surface area (TPSA) is 49.8 Å². The van der Waals surface area contributed by atoms with Gasteiger partial charge in [-0.3, -0.25) is 4.79 Å². The fourth-order valence-corrected chi connectivity index (χ4v) is 2.94. The third-order valence-electron chi connectivity index (χ3n) is 4.90. The van der Waals surface area contributed by atoms with Crippen LogP contribution in [0.25, 0.3) is 0 Å². The molecule has 0 aliphatic heterocycles. The van der Waals surface area contributed by atoms with Gasteiger partial charge in [0.1, 0.15) is 5.75 Å². The zero-order chi connectivity index (χ0) is 19.6. The lowest BCUT2D eigenvalue weighted by Gasteiger charge is -2.29. The highest BCUT2D eigenvalue weighted by molar-refractivity contribution is 5.94. The molecule has 0 aromatic heterocycles. The average Bonchev–Trinajstić information content (AvgIpc) is 2.72. The van der Waals surface area contributed by atoms with Gasteiger partial charge in [-0.05, 0) is 43.2 Å². The Morgan fingerprint density at radius 2 is 1.70 bits per heavy atom. The Morgan fingerprint density at radius 1 is 1.04 bits per heavy atom. The first-order chi connectivity index (χ1) is 13.0. The Bertz CT molecular complexity index is 685. The molecular formula is C23H31NO3. The van der Waals surface area contributed by atoms with Gasteiger partial charge in [-0.2, -0.15) is 0 Å². The van der Waals surface area contributed by atoms with Crippen molar-refractivity contribution < 1.29 is 14.6 Å². The number of hydrogen-bond acceptors (Lipinski definition) is 3. The van der Waals surface area contributed by atoms with Crippen LogP contribution < -0.4 is 4.74 Å². The summed E-state index contributed by atoms with van der Waals surface area (Å²) in [5, 5.41) is 10.5. The third-order valence-corrected chi connectivity index (χ3v) is 4.90. The molecule has 2 aromatic rings. The first-order valence-electron chi connectivity index (χ1n) is 9.77. The Morgan fingerprint density at radius 3 is 2.33 bits per heavy atom. The van der Waals surface area contributed by atoms with Gasteiger partial charge in [-0.1, -0.05) is 56.5 Å². The molecule has 4 nitrogen and oxygen atoms in total. The molecule has 0 spiro atoms. The second-order valence-electron chi connectivity index (χ2n) is 6.95. The molecule has 0 heterocycles. The number of amides is 1. The van der Waals surface area contributed by atoms with E-state index in [4.69, 9.17) is 4.74 Å². The minimum atomic E-state index is -0.731. The van der Waals surface area contributed by atoms with Crippen molar-refractivity contribution in [1.29, 1.82) is 0 Å². The van der Waals surface area contributed by atoms with E-state index in [-0.39, 0.29) is 11.9 Å². The van der Waals surface area contributed by atoms with Crippen LogP contribution in [-0.4, -0.2) is 35.6 Å². The number of likely N-dealkylation sites (N-methyl/N-ethyl adjacent to an activating group) is 1. The molecule has 0 saturated heterocycles. The van der Waals surface area contributed by atoms with Gasteiger partial charge in [0.25, 0.3) is 5.91 Å². The standard InChI is InChI=1S/C23H31NO3/c1-4-5-6-10-17-27-21-15-13-20(14-16-21)23(26)24(3)18(2)22(25)19-11-8-7-9-12-19/h7-9,11-16,18,22,25H,4-6,10,17H2,1-3H3. The summed E-state index contributed by atoms with van der Waals surface area (Å²) in [6, 6.07) is 16.3. The maximum Gasteiger partial charge on any atom is 0.253 e. The Kier molecular flexibility index (Phi) is 8.34. The Balaban J connectivity index is 1.92. The van der Waals surface area contributed by atoms with Crippen molar-refractivity contribution in [2.24, 2.45) is 0 Å². The summed E-state index contributed by atoms with van der Waals surface area (Å²) >= 11 is 0. The third kappa shape index (κ3) is 6.10. The summed E-state index contributed by atoms with van der Waals surface area (Å²) in [5.74, 6) is 0.662. The summed E-state index contributed by atoms with van der Waals surface area (Å²) < 4.78 is 5.73. The molecule has 27 heavy (non-hydrogen) atoms. The lowest BCUT2D eigenvalue weighted by molar-refractivity contribution is 0.0487. The average molecular weight is 370 g/mol. The second kappa shape index (κ2) is 10.7. The van der Waals surface area contributed by atoms with Crippen molar-refractivity contribution in [3.05, 3.63) is 65.7 Å². The van der Waals surface area contributed by atoms with Crippen LogP contribution in [0.3, 0.4) is 0 Å². The van der Waals surface area contributed by atoms with Crippen molar-refractivity contribution in [3.8, 4) is 5.75 Å². The van der Waals surface area contributed by atoms with Crippen molar-refractivity contribution >= 4 is 5.91 Å². The number of aliphatic hydroxyl groups excluding tert-OH is 1. The highest BCUT2D eigenvalue weighted by Crippen LogP contribution is 2.22. The zero-order valence-electron chi connectivity index (χ0n) is 16.6. The molecule has 2 aromatic carbocycles. The fraction of sp³-hybridized carbons (Fsp3) is 0.435. The number of unbranched alkanes of at least 4 members (excludes halogenated alkanes) is 3. The molecule has 4 heteroatoms. The van der Waals surface area contributed by atoms with Gasteiger partial charge in [0, 0.05) is 12.6 Å². The van der Waals surface area contributed by atoms with Crippen LogP contribution in [-0.2, 0) is 0 Å². The van der Waals surface area contributed by atoms with Gasteiger partial charge >= 0.3 is 0 Å². The molecule has 0 fully saturated rings. The summed E-state index contributed by atoms with van der Waals surface area (Å²) in [6.45, 7) is 4.74. The van der Waals surface area contributed by atoms with Crippen molar-refractivity contribution in [1.82, 2.24) is 4.90 Å². The molecule has 146 valence electrons. The smallest absolute Gasteiger partial charge is 0.253 e. The maximum atomic E-state index is 12.7. The van der Waals surface area contributed by atoms with Gasteiger partial charge in [0.2, 0.25) is 0 Å². The molecule has 2 atom stereocenters. The van der Waals surface area contributed by atoms with Gasteiger partial charge in [0.05, 0.1) is 18.8 Å². The predicted octanol–water partition coefficient (Wildman–Crippen LogP) is 4.84. The first-order valence-corrected chi connectivity index (χ1v) is 9.77. The van der Waals surface area contributed by atoms with Crippen molar-refractivity contribution in [3.63, 3.8) is 0 Å². The number of carbonyl (C=O) groups excluding carboxylic acids is 1. The molecule has 1 amide bonds. The lowest BCUT2D eigenvalue weighted by atomic mass is 10.0.